The van der Waals surface area contributed by atoms with Crippen LogP contribution in [0.5, 0.6) is 0 Å². The van der Waals surface area contributed by atoms with E-state index < -0.39 is 0 Å². The van der Waals surface area contributed by atoms with E-state index >= 15 is 0 Å². The molecule has 88 valence electrons. The predicted octanol–water partition coefficient (Wildman–Crippen LogP) is 3.05. The summed E-state index contributed by atoms with van der Waals surface area (Å²) in [4.78, 5) is 13.7. The molecule has 0 atom stereocenters. The number of carbonyl (C=O) groups excluding carboxylic acids is 1. The Balaban J connectivity index is 2.52. The molecular formula is C13H18ClNO. The van der Waals surface area contributed by atoms with Gasteiger partial charge in [0.15, 0.2) is 0 Å². The maximum Gasteiger partial charge on any atom is 0.222 e. The van der Waals surface area contributed by atoms with E-state index in [9.17, 15) is 4.79 Å². The maximum absolute atomic E-state index is 11.8. The normalized spacial score (nSPS) is 10.1. The quantitative estimate of drug-likeness (QED) is 0.699. The number of alkyl halides is 1. The fourth-order valence-electron chi connectivity index (χ4n) is 1.56. The number of amides is 1. The fraction of sp³-hybridized carbons (Fsp3) is 0.462. The van der Waals surface area contributed by atoms with Gasteiger partial charge >= 0.3 is 0 Å². The minimum Gasteiger partial charge on any atom is -0.339 e. The topological polar surface area (TPSA) is 20.3 Å². The Bertz CT molecular complexity index is 313. The van der Waals surface area contributed by atoms with Crippen LogP contribution in [0.25, 0.3) is 0 Å². The van der Waals surface area contributed by atoms with E-state index in [0.717, 1.165) is 13.0 Å². The Morgan fingerprint density at radius 1 is 1.31 bits per heavy atom. The molecule has 0 unspecified atom stereocenters. The Kier molecular flexibility index (Phi) is 5.94. The van der Waals surface area contributed by atoms with Crippen LogP contribution in [-0.4, -0.2) is 23.2 Å². The number of rotatable bonds is 6. The lowest BCUT2D eigenvalue weighted by atomic mass is 10.2. The van der Waals surface area contributed by atoms with Crippen LogP contribution >= 0.6 is 11.6 Å². The van der Waals surface area contributed by atoms with Crippen LogP contribution in [0, 0.1) is 0 Å². The molecule has 0 fully saturated rings. The van der Waals surface area contributed by atoms with Crippen LogP contribution in [-0.2, 0) is 11.3 Å². The highest BCUT2D eigenvalue weighted by molar-refractivity contribution is 6.17. The van der Waals surface area contributed by atoms with E-state index in [1.54, 1.807) is 0 Å². The van der Waals surface area contributed by atoms with Gasteiger partial charge in [-0.15, -0.1) is 11.6 Å². The Labute approximate surface area is 102 Å². The van der Waals surface area contributed by atoms with Crippen molar-refractivity contribution in [2.45, 2.75) is 26.3 Å². The number of halogens is 1. The first kappa shape index (κ1) is 13.0. The van der Waals surface area contributed by atoms with Gasteiger partial charge in [0.25, 0.3) is 0 Å². The first-order valence-corrected chi connectivity index (χ1v) is 6.19. The number of hydrogen-bond donors (Lipinski definition) is 0. The summed E-state index contributed by atoms with van der Waals surface area (Å²) in [7, 11) is 0. The minimum atomic E-state index is 0.187. The van der Waals surface area contributed by atoms with Crippen LogP contribution in [0.2, 0.25) is 0 Å². The molecular weight excluding hydrogens is 222 g/mol. The molecule has 0 saturated heterocycles. The summed E-state index contributed by atoms with van der Waals surface area (Å²) in [5, 5.41) is 0. The van der Waals surface area contributed by atoms with Crippen LogP contribution in [0.3, 0.4) is 0 Å². The zero-order valence-electron chi connectivity index (χ0n) is 9.66. The van der Waals surface area contributed by atoms with Gasteiger partial charge in [-0.05, 0) is 18.9 Å². The van der Waals surface area contributed by atoms with E-state index in [4.69, 9.17) is 11.6 Å². The minimum absolute atomic E-state index is 0.187. The summed E-state index contributed by atoms with van der Waals surface area (Å²) >= 11 is 5.58. The third-order valence-electron chi connectivity index (χ3n) is 2.47. The van der Waals surface area contributed by atoms with Gasteiger partial charge in [-0.3, -0.25) is 4.79 Å². The van der Waals surface area contributed by atoms with E-state index in [2.05, 4.69) is 0 Å². The third-order valence-corrected chi connectivity index (χ3v) is 2.74. The van der Waals surface area contributed by atoms with Crippen molar-refractivity contribution in [1.82, 2.24) is 4.90 Å². The van der Waals surface area contributed by atoms with Crippen LogP contribution in [0.4, 0.5) is 0 Å². The van der Waals surface area contributed by atoms with Crippen molar-refractivity contribution < 1.29 is 4.79 Å². The molecule has 3 heteroatoms. The molecule has 0 radical (unpaired) electrons. The lowest BCUT2D eigenvalue weighted by Crippen LogP contribution is -2.30. The van der Waals surface area contributed by atoms with E-state index in [1.807, 2.05) is 42.2 Å². The number of carbonyl (C=O) groups is 1. The molecule has 1 amide bonds. The molecule has 0 heterocycles. The van der Waals surface area contributed by atoms with Crippen molar-refractivity contribution in [3.63, 3.8) is 0 Å². The number of hydrogen-bond acceptors (Lipinski definition) is 1. The number of nitrogens with zero attached hydrogens (tertiary/aromatic N) is 1. The molecule has 0 saturated carbocycles. The first-order chi connectivity index (χ1) is 7.77. The third kappa shape index (κ3) is 4.23. The molecule has 0 aliphatic carbocycles. The van der Waals surface area contributed by atoms with Crippen molar-refractivity contribution in [3.8, 4) is 0 Å². The number of benzene rings is 1. The van der Waals surface area contributed by atoms with Gasteiger partial charge in [0.1, 0.15) is 0 Å². The van der Waals surface area contributed by atoms with E-state index in [0.29, 0.717) is 18.8 Å². The molecule has 1 rings (SSSR count). The molecule has 2 nitrogen and oxygen atoms in total. The summed E-state index contributed by atoms with van der Waals surface area (Å²) < 4.78 is 0. The molecule has 16 heavy (non-hydrogen) atoms. The smallest absolute Gasteiger partial charge is 0.222 e. The summed E-state index contributed by atoms with van der Waals surface area (Å²) in [6.07, 6.45) is 1.30. The summed E-state index contributed by atoms with van der Waals surface area (Å²) in [6.45, 7) is 3.44. The zero-order valence-corrected chi connectivity index (χ0v) is 10.4. The zero-order chi connectivity index (χ0) is 11.8. The Hall–Kier alpha value is -1.02. The summed E-state index contributed by atoms with van der Waals surface area (Å²) in [5.74, 6) is 0.737. The van der Waals surface area contributed by atoms with Gasteiger partial charge in [0, 0.05) is 25.4 Å². The largest absolute Gasteiger partial charge is 0.339 e. The van der Waals surface area contributed by atoms with Crippen molar-refractivity contribution in [2.75, 3.05) is 12.4 Å². The lowest BCUT2D eigenvalue weighted by Gasteiger charge is -2.20. The van der Waals surface area contributed by atoms with Gasteiger partial charge in [-0.1, -0.05) is 30.3 Å². The highest BCUT2D eigenvalue weighted by atomic mass is 35.5. The van der Waals surface area contributed by atoms with Gasteiger partial charge < -0.3 is 4.90 Å². The monoisotopic (exact) mass is 239 g/mol. The summed E-state index contributed by atoms with van der Waals surface area (Å²) in [6, 6.07) is 10.0. The highest BCUT2D eigenvalue weighted by Gasteiger charge is 2.10. The van der Waals surface area contributed by atoms with Crippen molar-refractivity contribution >= 4 is 17.5 Å². The average Bonchev–Trinajstić information content (AvgIpc) is 2.34. The van der Waals surface area contributed by atoms with Gasteiger partial charge in [0.2, 0.25) is 5.91 Å². The van der Waals surface area contributed by atoms with Crippen molar-refractivity contribution in [1.29, 1.82) is 0 Å². The van der Waals surface area contributed by atoms with Gasteiger partial charge in [-0.2, -0.15) is 0 Å². The second-order valence-corrected chi connectivity index (χ2v) is 4.06. The molecule has 0 bridgehead atoms. The molecule has 0 spiro atoms. The molecule has 0 aromatic heterocycles. The fourth-order valence-corrected chi connectivity index (χ4v) is 1.69. The first-order valence-electron chi connectivity index (χ1n) is 5.65. The maximum atomic E-state index is 11.8. The highest BCUT2D eigenvalue weighted by Crippen LogP contribution is 2.07. The Morgan fingerprint density at radius 3 is 2.56 bits per heavy atom. The average molecular weight is 240 g/mol. The lowest BCUT2D eigenvalue weighted by molar-refractivity contribution is -0.131. The molecule has 1 aromatic carbocycles. The van der Waals surface area contributed by atoms with E-state index in [1.165, 1.54) is 5.56 Å². The van der Waals surface area contributed by atoms with Crippen molar-refractivity contribution in [2.24, 2.45) is 0 Å². The second kappa shape index (κ2) is 7.29. The SMILES string of the molecule is CCN(Cc1ccccc1)C(=O)CCCCl. The molecule has 0 N–H and O–H groups in total. The predicted molar refractivity (Wildman–Crippen MR) is 67.5 cm³/mol. The van der Waals surface area contributed by atoms with Crippen LogP contribution < -0.4 is 0 Å². The van der Waals surface area contributed by atoms with Gasteiger partial charge in [-0.25, -0.2) is 0 Å². The standard InChI is InChI=1S/C13H18ClNO/c1-2-15(13(16)9-6-10-14)11-12-7-4-3-5-8-12/h3-5,7-8H,2,6,9-11H2,1H3. The van der Waals surface area contributed by atoms with Crippen LogP contribution in [0.15, 0.2) is 30.3 Å². The second-order valence-electron chi connectivity index (χ2n) is 3.69. The molecule has 0 aliphatic heterocycles. The van der Waals surface area contributed by atoms with Gasteiger partial charge in [0.05, 0.1) is 0 Å². The Morgan fingerprint density at radius 2 is 2.00 bits per heavy atom. The molecule has 1 aromatic rings. The van der Waals surface area contributed by atoms with E-state index in [-0.39, 0.29) is 5.91 Å². The van der Waals surface area contributed by atoms with Crippen LogP contribution in [0.1, 0.15) is 25.3 Å². The summed E-state index contributed by atoms with van der Waals surface area (Å²) in [5.41, 5.74) is 1.17. The molecule has 0 aliphatic rings. The van der Waals surface area contributed by atoms with Crippen molar-refractivity contribution in [3.05, 3.63) is 35.9 Å².